The summed E-state index contributed by atoms with van der Waals surface area (Å²) in [7, 11) is 0. The number of ether oxygens (including phenoxy) is 2. The van der Waals surface area contributed by atoms with Crippen LogP contribution in [0.5, 0.6) is 11.5 Å². The highest BCUT2D eigenvalue weighted by atomic mass is 35.5. The number of halogens is 2. The maximum absolute atomic E-state index is 13.5. The van der Waals surface area contributed by atoms with E-state index in [0.717, 1.165) is 0 Å². The molecule has 1 aliphatic heterocycles. The molecule has 2 aromatic carbocycles. The third-order valence-corrected chi connectivity index (χ3v) is 3.39. The maximum Gasteiger partial charge on any atom is 0.254 e. The van der Waals surface area contributed by atoms with E-state index in [2.05, 4.69) is 10.6 Å². The topological polar surface area (TPSA) is 59.6 Å². The summed E-state index contributed by atoms with van der Waals surface area (Å²) in [6, 6.07) is 13.1. The van der Waals surface area contributed by atoms with Crippen LogP contribution in [-0.4, -0.2) is 31.7 Å². The number of hydrogen-bond donors (Lipinski definition) is 2. The lowest BCUT2D eigenvalue weighted by Gasteiger charge is -2.23. The third-order valence-electron chi connectivity index (χ3n) is 3.39. The van der Waals surface area contributed by atoms with Gasteiger partial charge >= 0.3 is 0 Å². The van der Waals surface area contributed by atoms with Gasteiger partial charge in [-0.05, 0) is 24.3 Å². The van der Waals surface area contributed by atoms with E-state index >= 15 is 0 Å². The standard InChI is InChI=1S/C17H17FN2O3.ClH/c18-12-6-7-15(23-13-4-2-1-3-5-13)14(10-12)20-17(21)16-11-19-8-9-22-16;/h1-7,10,16,19H,8-9,11H2,(H,20,21);1H/t16-;/m1./s1. The van der Waals surface area contributed by atoms with E-state index in [4.69, 9.17) is 9.47 Å². The molecule has 24 heavy (non-hydrogen) atoms. The highest BCUT2D eigenvalue weighted by molar-refractivity contribution is 5.95. The van der Waals surface area contributed by atoms with Gasteiger partial charge < -0.3 is 20.1 Å². The monoisotopic (exact) mass is 352 g/mol. The Morgan fingerprint density at radius 3 is 2.75 bits per heavy atom. The molecule has 2 N–H and O–H groups in total. The van der Waals surface area contributed by atoms with Crippen LogP contribution in [0.25, 0.3) is 0 Å². The van der Waals surface area contributed by atoms with E-state index in [-0.39, 0.29) is 24.0 Å². The Hall–Kier alpha value is -2.15. The van der Waals surface area contributed by atoms with Gasteiger partial charge in [-0.3, -0.25) is 4.79 Å². The quantitative estimate of drug-likeness (QED) is 0.888. The lowest BCUT2D eigenvalue weighted by atomic mass is 10.2. The minimum absolute atomic E-state index is 0. The van der Waals surface area contributed by atoms with Gasteiger partial charge in [-0.2, -0.15) is 0 Å². The number of carbonyl (C=O) groups is 1. The minimum Gasteiger partial charge on any atom is -0.455 e. The highest BCUT2D eigenvalue weighted by Crippen LogP contribution is 2.30. The van der Waals surface area contributed by atoms with Crippen molar-refractivity contribution in [1.82, 2.24) is 5.32 Å². The number of rotatable bonds is 4. The molecular formula is C17H18ClFN2O3. The molecule has 1 heterocycles. The summed E-state index contributed by atoms with van der Waals surface area (Å²) in [5.74, 6) is 0.184. The van der Waals surface area contributed by atoms with Crippen LogP contribution in [0.15, 0.2) is 48.5 Å². The van der Waals surface area contributed by atoms with Crippen molar-refractivity contribution in [3.05, 3.63) is 54.3 Å². The van der Waals surface area contributed by atoms with Crippen molar-refractivity contribution in [2.24, 2.45) is 0 Å². The molecular weight excluding hydrogens is 335 g/mol. The number of hydrogen-bond acceptors (Lipinski definition) is 4. The Bertz CT molecular complexity index is 679. The number of anilines is 1. The first-order valence-electron chi connectivity index (χ1n) is 7.38. The highest BCUT2D eigenvalue weighted by Gasteiger charge is 2.23. The van der Waals surface area contributed by atoms with Gasteiger partial charge in [-0.25, -0.2) is 4.39 Å². The van der Waals surface area contributed by atoms with Crippen LogP contribution in [0.1, 0.15) is 0 Å². The van der Waals surface area contributed by atoms with Crippen LogP contribution in [0.3, 0.4) is 0 Å². The molecule has 0 bridgehead atoms. The van der Waals surface area contributed by atoms with Crippen LogP contribution in [0.4, 0.5) is 10.1 Å². The molecule has 3 rings (SSSR count). The number of nitrogens with one attached hydrogen (secondary N) is 2. The molecule has 0 spiro atoms. The van der Waals surface area contributed by atoms with Crippen molar-refractivity contribution in [1.29, 1.82) is 0 Å². The Labute approximate surface area is 145 Å². The van der Waals surface area contributed by atoms with Gasteiger partial charge in [0.25, 0.3) is 5.91 Å². The van der Waals surface area contributed by atoms with Gasteiger partial charge in [0.15, 0.2) is 5.75 Å². The average molecular weight is 353 g/mol. The van der Waals surface area contributed by atoms with Gasteiger partial charge in [0.2, 0.25) is 0 Å². The van der Waals surface area contributed by atoms with Gasteiger partial charge in [-0.1, -0.05) is 18.2 Å². The zero-order chi connectivity index (χ0) is 16.1. The van der Waals surface area contributed by atoms with Gasteiger partial charge in [-0.15, -0.1) is 12.4 Å². The summed E-state index contributed by atoms with van der Waals surface area (Å²) in [4.78, 5) is 12.2. The zero-order valence-electron chi connectivity index (χ0n) is 12.8. The minimum atomic E-state index is -0.600. The Morgan fingerprint density at radius 1 is 1.25 bits per heavy atom. The van der Waals surface area contributed by atoms with E-state index in [9.17, 15) is 9.18 Å². The summed E-state index contributed by atoms with van der Waals surface area (Å²) in [5.41, 5.74) is 0.271. The Morgan fingerprint density at radius 2 is 2.04 bits per heavy atom. The molecule has 0 unspecified atom stereocenters. The molecule has 0 radical (unpaired) electrons. The molecule has 0 aliphatic carbocycles. The first-order valence-corrected chi connectivity index (χ1v) is 7.38. The van der Waals surface area contributed by atoms with Crippen LogP contribution in [0, 0.1) is 5.82 Å². The van der Waals surface area contributed by atoms with Crippen LogP contribution >= 0.6 is 12.4 Å². The number of amides is 1. The lowest BCUT2D eigenvalue weighted by Crippen LogP contribution is -2.45. The largest absolute Gasteiger partial charge is 0.455 e. The molecule has 1 saturated heterocycles. The van der Waals surface area contributed by atoms with Crippen molar-refractivity contribution in [2.75, 3.05) is 25.0 Å². The van der Waals surface area contributed by atoms with E-state index < -0.39 is 11.9 Å². The summed E-state index contributed by atoms with van der Waals surface area (Å²) in [6.07, 6.45) is -0.600. The fourth-order valence-corrected chi connectivity index (χ4v) is 2.25. The Kier molecular flexibility index (Phi) is 6.54. The fourth-order valence-electron chi connectivity index (χ4n) is 2.25. The first kappa shape index (κ1) is 18.2. The normalized spacial score (nSPS) is 16.8. The number of morpholine rings is 1. The second kappa shape index (κ2) is 8.63. The second-order valence-corrected chi connectivity index (χ2v) is 5.11. The summed E-state index contributed by atoms with van der Waals surface area (Å²) >= 11 is 0. The van der Waals surface area contributed by atoms with Crippen molar-refractivity contribution in [3.8, 4) is 11.5 Å². The van der Waals surface area contributed by atoms with Crippen LogP contribution in [-0.2, 0) is 9.53 Å². The van der Waals surface area contributed by atoms with E-state index in [0.29, 0.717) is 31.2 Å². The molecule has 0 aromatic heterocycles. The van der Waals surface area contributed by atoms with Crippen LogP contribution in [0.2, 0.25) is 0 Å². The zero-order valence-corrected chi connectivity index (χ0v) is 13.6. The first-order chi connectivity index (χ1) is 11.2. The molecule has 1 atom stereocenters. The number of para-hydroxylation sites is 1. The molecule has 5 nitrogen and oxygen atoms in total. The molecule has 7 heteroatoms. The molecule has 1 amide bonds. The van der Waals surface area contributed by atoms with Gasteiger partial charge in [0.1, 0.15) is 17.7 Å². The molecule has 1 aliphatic rings. The van der Waals surface area contributed by atoms with Crippen molar-refractivity contribution < 1.29 is 18.7 Å². The summed E-state index contributed by atoms with van der Waals surface area (Å²) < 4.78 is 24.6. The van der Waals surface area contributed by atoms with E-state index in [1.165, 1.54) is 18.2 Å². The predicted octanol–water partition coefficient (Wildman–Crippen LogP) is 2.97. The van der Waals surface area contributed by atoms with E-state index in [1.54, 1.807) is 12.1 Å². The third kappa shape index (κ3) is 4.67. The Balaban J connectivity index is 0.00000208. The molecule has 0 saturated carbocycles. The molecule has 128 valence electrons. The second-order valence-electron chi connectivity index (χ2n) is 5.11. The summed E-state index contributed by atoms with van der Waals surface area (Å²) in [6.45, 7) is 1.61. The van der Waals surface area contributed by atoms with Crippen molar-refractivity contribution in [3.63, 3.8) is 0 Å². The van der Waals surface area contributed by atoms with Gasteiger partial charge in [0.05, 0.1) is 12.3 Å². The van der Waals surface area contributed by atoms with Crippen molar-refractivity contribution in [2.45, 2.75) is 6.10 Å². The fraction of sp³-hybridized carbons (Fsp3) is 0.235. The smallest absolute Gasteiger partial charge is 0.254 e. The molecule has 1 fully saturated rings. The predicted molar refractivity (Wildman–Crippen MR) is 91.4 cm³/mol. The number of carbonyl (C=O) groups excluding carboxylic acids is 1. The maximum atomic E-state index is 13.5. The van der Waals surface area contributed by atoms with E-state index in [1.807, 2.05) is 18.2 Å². The lowest BCUT2D eigenvalue weighted by molar-refractivity contribution is -0.128. The summed E-state index contributed by atoms with van der Waals surface area (Å²) in [5, 5.41) is 5.75. The van der Waals surface area contributed by atoms with Crippen LogP contribution < -0.4 is 15.4 Å². The van der Waals surface area contributed by atoms with Crippen molar-refractivity contribution >= 4 is 24.0 Å². The SMILES string of the molecule is Cl.O=C(Nc1cc(F)ccc1Oc1ccccc1)[C@H]1CNCCO1. The number of benzene rings is 2. The van der Waals surface area contributed by atoms with Gasteiger partial charge in [0, 0.05) is 19.2 Å². The average Bonchev–Trinajstić information content (AvgIpc) is 2.59. The molecule has 2 aromatic rings.